The third-order valence-corrected chi connectivity index (χ3v) is 4.69. The van der Waals surface area contributed by atoms with E-state index in [1.807, 2.05) is 27.4 Å². The minimum Gasteiger partial charge on any atom is -0.486 e. The summed E-state index contributed by atoms with van der Waals surface area (Å²) in [6.07, 6.45) is 1.78. The first-order valence-corrected chi connectivity index (χ1v) is 9.48. The average molecular weight is 400 g/mol. The molecule has 0 saturated carbocycles. The van der Waals surface area contributed by atoms with Crippen LogP contribution in [0.4, 0.5) is 4.39 Å². The molecule has 1 atom stereocenters. The van der Waals surface area contributed by atoms with Gasteiger partial charge in [-0.2, -0.15) is 4.68 Å². The van der Waals surface area contributed by atoms with Crippen molar-refractivity contribution in [2.45, 2.75) is 26.4 Å². The second-order valence-corrected chi connectivity index (χ2v) is 6.98. The summed E-state index contributed by atoms with van der Waals surface area (Å²) in [5.41, 5.74) is 1.26. The zero-order valence-electron chi connectivity index (χ0n) is 15.8. The molecule has 3 aromatic rings. The van der Waals surface area contributed by atoms with Gasteiger partial charge in [0.05, 0.1) is 7.05 Å². The Balaban J connectivity index is 1.72. The minimum atomic E-state index is -0.296. The number of benzene rings is 2. The molecular formula is C21H24FN4OS+. The van der Waals surface area contributed by atoms with E-state index in [-0.39, 0.29) is 12.4 Å². The van der Waals surface area contributed by atoms with Gasteiger partial charge in [0.1, 0.15) is 24.7 Å². The van der Waals surface area contributed by atoms with Gasteiger partial charge in [0.2, 0.25) is 4.77 Å². The first-order chi connectivity index (χ1) is 13.6. The summed E-state index contributed by atoms with van der Waals surface area (Å²) in [7, 11) is 2.11. The Labute approximate surface area is 169 Å². The van der Waals surface area contributed by atoms with Crippen LogP contribution in [0, 0.1) is 10.6 Å². The fraction of sp³-hybridized carbons (Fsp3) is 0.238. The first-order valence-electron chi connectivity index (χ1n) is 9.08. The first kappa shape index (κ1) is 20.0. The molecular weight excluding hydrogens is 375 g/mol. The Morgan fingerprint density at radius 3 is 2.57 bits per heavy atom. The van der Waals surface area contributed by atoms with Gasteiger partial charge in [-0.25, -0.2) is 4.39 Å². The largest absolute Gasteiger partial charge is 0.486 e. The third kappa shape index (κ3) is 5.15. The maximum atomic E-state index is 13.0. The van der Waals surface area contributed by atoms with Crippen molar-refractivity contribution in [3.63, 3.8) is 0 Å². The normalized spacial score (nSPS) is 11.9. The van der Waals surface area contributed by atoms with Crippen molar-refractivity contribution in [3.8, 4) is 5.75 Å². The molecule has 2 aromatic carbocycles. The minimum absolute atomic E-state index is 0.244. The molecule has 1 N–H and O–H groups in total. The Kier molecular flexibility index (Phi) is 6.73. The predicted octanol–water partition coefficient (Wildman–Crippen LogP) is 2.99. The number of hydrogen-bond donors (Lipinski definition) is 1. The van der Waals surface area contributed by atoms with Crippen molar-refractivity contribution in [1.82, 2.24) is 14.3 Å². The molecule has 7 heteroatoms. The lowest BCUT2D eigenvalue weighted by molar-refractivity contribution is -0.917. The van der Waals surface area contributed by atoms with Crippen molar-refractivity contribution in [2.75, 3.05) is 7.05 Å². The summed E-state index contributed by atoms with van der Waals surface area (Å²) >= 11 is 5.61. The topological polar surface area (TPSA) is 36.4 Å². The summed E-state index contributed by atoms with van der Waals surface area (Å²) in [4.78, 5) is 1.26. The molecule has 0 bridgehead atoms. The van der Waals surface area contributed by atoms with E-state index in [4.69, 9.17) is 17.0 Å². The van der Waals surface area contributed by atoms with Crippen LogP contribution in [0.15, 0.2) is 67.3 Å². The Bertz CT molecular complexity index is 966. The van der Waals surface area contributed by atoms with Crippen molar-refractivity contribution < 1.29 is 14.0 Å². The van der Waals surface area contributed by atoms with Gasteiger partial charge in [0.25, 0.3) is 0 Å². The van der Waals surface area contributed by atoms with Crippen LogP contribution in [0.1, 0.15) is 11.4 Å². The molecule has 1 aromatic heterocycles. The quantitative estimate of drug-likeness (QED) is 0.444. The highest BCUT2D eigenvalue weighted by molar-refractivity contribution is 7.71. The van der Waals surface area contributed by atoms with Gasteiger partial charge in [-0.1, -0.05) is 36.4 Å². The third-order valence-electron chi connectivity index (χ3n) is 4.26. The number of aromatic nitrogens is 3. The number of rotatable bonds is 9. The fourth-order valence-electron chi connectivity index (χ4n) is 2.94. The number of halogens is 1. The standard InChI is InChI=1S/C21H23FN4OS/c1-3-13-25-20(15-27-19-11-9-18(22)10-12-19)23-26(21(25)28)16-24(2)14-17-7-5-4-6-8-17/h3-12H,1,13-16H2,2H3/p+1. The zero-order chi connectivity index (χ0) is 19.9. The lowest BCUT2D eigenvalue weighted by Gasteiger charge is -2.13. The van der Waals surface area contributed by atoms with E-state index in [2.05, 4.69) is 30.9 Å². The van der Waals surface area contributed by atoms with Crippen LogP contribution >= 0.6 is 12.2 Å². The highest BCUT2D eigenvalue weighted by atomic mass is 32.1. The molecule has 0 amide bonds. The maximum Gasteiger partial charge on any atom is 0.203 e. The van der Waals surface area contributed by atoms with Gasteiger partial charge in [0, 0.05) is 12.1 Å². The second-order valence-electron chi connectivity index (χ2n) is 6.62. The molecule has 3 rings (SSSR count). The summed E-state index contributed by atoms with van der Waals surface area (Å²) < 4.78 is 23.2. The fourth-order valence-corrected chi connectivity index (χ4v) is 3.23. The lowest BCUT2D eigenvalue weighted by Crippen LogP contribution is -3.07. The Morgan fingerprint density at radius 1 is 1.18 bits per heavy atom. The number of allylic oxidation sites excluding steroid dienone is 1. The molecule has 1 unspecified atom stereocenters. The number of ether oxygens (including phenoxy) is 1. The van der Waals surface area contributed by atoms with Gasteiger partial charge >= 0.3 is 0 Å². The molecule has 0 radical (unpaired) electrons. The summed E-state index contributed by atoms with van der Waals surface area (Å²) in [6, 6.07) is 16.2. The Morgan fingerprint density at radius 2 is 1.89 bits per heavy atom. The van der Waals surface area contributed by atoms with E-state index in [0.29, 0.717) is 29.6 Å². The molecule has 28 heavy (non-hydrogen) atoms. The maximum absolute atomic E-state index is 13.0. The molecule has 0 spiro atoms. The highest BCUT2D eigenvalue weighted by Crippen LogP contribution is 2.13. The summed E-state index contributed by atoms with van der Waals surface area (Å²) in [5.74, 6) is 0.996. The van der Waals surface area contributed by atoms with Crippen LogP contribution in [-0.4, -0.2) is 21.4 Å². The van der Waals surface area contributed by atoms with Gasteiger partial charge in [-0.15, -0.1) is 11.7 Å². The van der Waals surface area contributed by atoms with Crippen LogP contribution in [0.2, 0.25) is 0 Å². The lowest BCUT2D eigenvalue weighted by atomic mass is 10.2. The van der Waals surface area contributed by atoms with Crippen LogP contribution in [-0.2, 0) is 26.4 Å². The van der Waals surface area contributed by atoms with Gasteiger partial charge in [-0.05, 0) is 36.5 Å². The monoisotopic (exact) mass is 399 g/mol. The van der Waals surface area contributed by atoms with Crippen LogP contribution in [0.25, 0.3) is 0 Å². The summed E-state index contributed by atoms with van der Waals surface area (Å²) in [6.45, 7) is 6.11. The second kappa shape index (κ2) is 9.43. The molecule has 0 aliphatic rings. The van der Waals surface area contributed by atoms with Gasteiger partial charge in [0.15, 0.2) is 12.5 Å². The molecule has 1 heterocycles. The van der Waals surface area contributed by atoms with E-state index < -0.39 is 0 Å². The highest BCUT2D eigenvalue weighted by Gasteiger charge is 2.14. The van der Waals surface area contributed by atoms with Crippen LogP contribution < -0.4 is 9.64 Å². The number of nitrogens with one attached hydrogen (secondary N) is 1. The van der Waals surface area contributed by atoms with E-state index in [0.717, 1.165) is 6.54 Å². The van der Waals surface area contributed by atoms with Crippen LogP contribution in [0.5, 0.6) is 5.75 Å². The van der Waals surface area contributed by atoms with Crippen molar-refractivity contribution >= 4 is 12.2 Å². The van der Waals surface area contributed by atoms with Gasteiger partial charge < -0.3 is 9.64 Å². The van der Waals surface area contributed by atoms with Gasteiger partial charge in [-0.3, -0.25) is 4.57 Å². The molecule has 0 saturated heterocycles. The zero-order valence-corrected chi connectivity index (χ0v) is 16.7. The summed E-state index contributed by atoms with van der Waals surface area (Å²) in [5, 5.41) is 4.65. The molecule has 0 aliphatic heterocycles. The molecule has 0 fully saturated rings. The Hall–Kier alpha value is -2.77. The van der Waals surface area contributed by atoms with E-state index in [1.165, 1.54) is 22.6 Å². The van der Waals surface area contributed by atoms with Crippen molar-refractivity contribution in [3.05, 3.63) is 89.2 Å². The predicted molar refractivity (Wildman–Crippen MR) is 109 cm³/mol. The van der Waals surface area contributed by atoms with Crippen molar-refractivity contribution in [1.29, 1.82) is 0 Å². The smallest absolute Gasteiger partial charge is 0.203 e. The van der Waals surface area contributed by atoms with E-state index in [1.54, 1.807) is 18.2 Å². The number of quaternary nitrogens is 1. The van der Waals surface area contributed by atoms with E-state index >= 15 is 0 Å². The number of nitrogens with zero attached hydrogens (tertiary/aromatic N) is 3. The molecule has 5 nitrogen and oxygen atoms in total. The van der Waals surface area contributed by atoms with Crippen LogP contribution in [0.3, 0.4) is 0 Å². The van der Waals surface area contributed by atoms with E-state index in [9.17, 15) is 4.39 Å². The number of hydrogen-bond acceptors (Lipinski definition) is 3. The molecule has 146 valence electrons. The SMILES string of the molecule is C=CCn1c(COc2ccc(F)cc2)nn(C[NH+](C)Cc2ccccc2)c1=S. The van der Waals surface area contributed by atoms with Crippen molar-refractivity contribution in [2.24, 2.45) is 0 Å². The molecule has 0 aliphatic carbocycles. The average Bonchev–Trinajstić information content (AvgIpc) is 2.97.